The van der Waals surface area contributed by atoms with Crippen LogP contribution in [0.5, 0.6) is 0 Å². The number of rotatable bonds is 3. The van der Waals surface area contributed by atoms with Crippen LogP contribution < -0.4 is 5.43 Å². The van der Waals surface area contributed by atoms with Crippen molar-refractivity contribution in [1.82, 2.24) is 4.98 Å². The van der Waals surface area contributed by atoms with E-state index in [0.29, 0.717) is 5.56 Å². The lowest BCUT2D eigenvalue weighted by Gasteiger charge is -1.95. The van der Waals surface area contributed by atoms with Gasteiger partial charge in [0.25, 0.3) is 5.88 Å². The first-order valence-electron chi connectivity index (χ1n) is 4.68. The van der Waals surface area contributed by atoms with Crippen molar-refractivity contribution >= 4 is 12.1 Å². The Morgan fingerprint density at radius 2 is 2.29 bits per heavy atom. The molecule has 0 amide bonds. The number of hydrazone groups is 1. The Balaban J connectivity index is 2.09. The largest absolute Gasteiger partial charge is 0.425 e. The predicted molar refractivity (Wildman–Crippen MR) is 58.8 cm³/mol. The molecule has 1 heterocycles. The number of benzene rings is 1. The van der Waals surface area contributed by atoms with Crippen LogP contribution in [0.4, 0.5) is 10.3 Å². The van der Waals surface area contributed by atoms with Gasteiger partial charge in [0, 0.05) is 5.56 Å². The molecule has 0 spiro atoms. The summed E-state index contributed by atoms with van der Waals surface area (Å²) in [6.45, 7) is 0. The molecule has 0 unspecified atom stereocenters. The van der Waals surface area contributed by atoms with Crippen molar-refractivity contribution in [3.8, 4) is 6.07 Å². The second-order valence-electron chi connectivity index (χ2n) is 3.03. The summed E-state index contributed by atoms with van der Waals surface area (Å²) < 4.78 is 18.1. The van der Waals surface area contributed by atoms with E-state index in [2.05, 4.69) is 15.5 Å². The number of nitriles is 1. The van der Waals surface area contributed by atoms with Crippen LogP contribution in [-0.4, -0.2) is 11.2 Å². The quantitative estimate of drug-likeness (QED) is 0.647. The lowest BCUT2D eigenvalue weighted by molar-refractivity contribution is 0.570. The Hall–Kier alpha value is -2.68. The van der Waals surface area contributed by atoms with E-state index in [4.69, 9.17) is 9.68 Å². The predicted octanol–water partition coefficient (Wildman–Crippen LogP) is 2.13. The first-order chi connectivity index (χ1) is 8.31. The van der Waals surface area contributed by atoms with Crippen LogP contribution in [0, 0.1) is 17.1 Å². The zero-order valence-corrected chi connectivity index (χ0v) is 8.59. The molecule has 0 radical (unpaired) electrons. The van der Waals surface area contributed by atoms with Gasteiger partial charge in [-0.1, -0.05) is 18.2 Å². The molecule has 0 fully saturated rings. The van der Waals surface area contributed by atoms with Crippen LogP contribution >= 0.6 is 0 Å². The van der Waals surface area contributed by atoms with Crippen molar-refractivity contribution in [2.75, 3.05) is 5.43 Å². The minimum Gasteiger partial charge on any atom is -0.425 e. The number of aromatic nitrogens is 1. The van der Waals surface area contributed by atoms with E-state index in [-0.39, 0.29) is 17.4 Å². The zero-order chi connectivity index (χ0) is 12.1. The minimum atomic E-state index is -0.379. The fraction of sp³-hybridized carbons (Fsp3) is 0. The highest BCUT2D eigenvalue weighted by Crippen LogP contribution is 2.11. The topological polar surface area (TPSA) is 74.2 Å². The highest BCUT2D eigenvalue weighted by molar-refractivity contribution is 5.80. The maximum atomic E-state index is 13.2. The fourth-order valence-electron chi connectivity index (χ4n) is 1.15. The van der Waals surface area contributed by atoms with Gasteiger partial charge in [0.2, 0.25) is 5.69 Å². The SMILES string of the molecule is N#Cc1ncoc1N/N=C\c1ccccc1F. The number of halogens is 1. The van der Waals surface area contributed by atoms with Gasteiger partial charge in [-0.05, 0) is 6.07 Å². The third-order valence-electron chi connectivity index (χ3n) is 1.95. The van der Waals surface area contributed by atoms with Gasteiger partial charge in [-0.2, -0.15) is 10.4 Å². The van der Waals surface area contributed by atoms with Gasteiger partial charge in [0.1, 0.15) is 11.9 Å². The van der Waals surface area contributed by atoms with Gasteiger partial charge in [-0.15, -0.1) is 0 Å². The smallest absolute Gasteiger partial charge is 0.251 e. The molecule has 1 N–H and O–H groups in total. The van der Waals surface area contributed by atoms with Crippen LogP contribution in [0.15, 0.2) is 40.2 Å². The maximum absolute atomic E-state index is 13.2. The molecule has 5 nitrogen and oxygen atoms in total. The van der Waals surface area contributed by atoms with Crippen molar-refractivity contribution < 1.29 is 8.81 Å². The third kappa shape index (κ3) is 2.46. The molecule has 2 aromatic rings. The first kappa shape index (κ1) is 10.8. The van der Waals surface area contributed by atoms with E-state index in [1.807, 2.05) is 6.07 Å². The van der Waals surface area contributed by atoms with Crippen molar-refractivity contribution in [3.63, 3.8) is 0 Å². The van der Waals surface area contributed by atoms with E-state index in [0.717, 1.165) is 6.39 Å². The monoisotopic (exact) mass is 230 g/mol. The molecule has 2 rings (SSSR count). The second kappa shape index (κ2) is 4.90. The Morgan fingerprint density at radius 3 is 3.06 bits per heavy atom. The fourth-order valence-corrected chi connectivity index (χ4v) is 1.15. The van der Waals surface area contributed by atoms with Crippen LogP contribution in [-0.2, 0) is 0 Å². The molecule has 0 aliphatic carbocycles. The number of hydrogen-bond acceptors (Lipinski definition) is 5. The normalized spacial score (nSPS) is 10.4. The van der Waals surface area contributed by atoms with Gasteiger partial charge in [0.05, 0.1) is 6.21 Å². The molecule has 0 saturated heterocycles. The Kier molecular flexibility index (Phi) is 3.12. The molecule has 1 aromatic carbocycles. The lowest BCUT2D eigenvalue weighted by atomic mass is 10.2. The van der Waals surface area contributed by atoms with E-state index in [9.17, 15) is 4.39 Å². The highest BCUT2D eigenvalue weighted by Gasteiger charge is 2.04. The summed E-state index contributed by atoms with van der Waals surface area (Å²) in [5.74, 6) is -0.254. The molecule has 1 aromatic heterocycles. The molecule has 0 bridgehead atoms. The lowest BCUT2D eigenvalue weighted by Crippen LogP contribution is -1.93. The van der Waals surface area contributed by atoms with Crippen LogP contribution in [0.1, 0.15) is 11.3 Å². The summed E-state index contributed by atoms with van der Waals surface area (Å²) in [5.41, 5.74) is 2.90. The summed E-state index contributed by atoms with van der Waals surface area (Å²) in [5, 5.41) is 12.4. The van der Waals surface area contributed by atoms with Gasteiger partial charge in [-0.25, -0.2) is 14.8 Å². The molecule has 0 aliphatic heterocycles. The Labute approximate surface area is 96.2 Å². The average Bonchev–Trinajstić information content (AvgIpc) is 2.79. The number of nitrogens with zero attached hydrogens (tertiary/aromatic N) is 3. The van der Waals surface area contributed by atoms with E-state index in [1.165, 1.54) is 12.3 Å². The Morgan fingerprint density at radius 1 is 1.47 bits per heavy atom. The number of anilines is 1. The van der Waals surface area contributed by atoms with Crippen LogP contribution in [0.3, 0.4) is 0 Å². The number of nitrogens with one attached hydrogen (secondary N) is 1. The average molecular weight is 230 g/mol. The summed E-state index contributed by atoms with van der Waals surface area (Å²) >= 11 is 0. The standard InChI is InChI=1S/C11H7FN4O/c12-9-4-2-1-3-8(9)6-15-16-11-10(5-13)14-7-17-11/h1-4,6-7,16H/b15-6-. The molecule has 17 heavy (non-hydrogen) atoms. The molecule has 0 saturated carbocycles. The van der Waals surface area contributed by atoms with E-state index in [1.54, 1.807) is 18.2 Å². The molecule has 0 atom stereocenters. The Bertz CT molecular complexity index is 585. The summed E-state index contributed by atoms with van der Waals surface area (Å²) in [6, 6.07) is 8.01. The minimum absolute atomic E-state index is 0.0932. The maximum Gasteiger partial charge on any atom is 0.251 e. The van der Waals surface area contributed by atoms with Gasteiger partial charge < -0.3 is 4.42 Å². The molecule has 6 heteroatoms. The number of oxazole rings is 1. The summed E-state index contributed by atoms with van der Waals surface area (Å²) in [7, 11) is 0. The van der Waals surface area contributed by atoms with E-state index >= 15 is 0 Å². The van der Waals surface area contributed by atoms with Gasteiger partial charge in [-0.3, -0.25) is 0 Å². The second-order valence-corrected chi connectivity index (χ2v) is 3.03. The van der Waals surface area contributed by atoms with Crippen LogP contribution in [0.25, 0.3) is 0 Å². The highest BCUT2D eigenvalue weighted by atomic mass is 19.1. The van der Waals surface area contributed by atoms with Crippen molar-refractivity contribution in [2.45, 2.75) is 0 Å². The third-order valence-corrected chi connectivity index (χ3v) is 1.95. The van der Waals surface area contributed by atoms with E-state index < -0.39 is 0 Å². The molecule has 84 valence electrons. The molecule has 0 aliphatic rings. The molecular weight excluding hydrogens is 223 g/mol. The zero-order valence-electron chi connectivity index (χ0n) is 8.59. The van der Waals surface area contributed by atoms with Crippen molar-refractivity contribution in [2.24, 2.45) is 5.10 Å². The first-order valence-corrected chi connectivity index (χ1v) is 4.68. The van der Waals surface area contributed by atoms with Gasteiger partial charge >= 0.3 is 0 Å². The number of hydrogen-bond donors (Lipinski definition) is 1. The molecular formula is C11H7FN4O. The van der Waals surface area contributed by atoms with Crippen molar-refractivity contribution in [1.29, 1.82) is 5.26 Å². The summed E-state index contributed by atoms with van der Waals surface area (Å²) in [4.78, 5) is 3.64. The van der Waals surface area contributed by atoms with Crippen molar-refractivity contribution in [3.05, 3.63) is 47.7 Å². The van der Waals surface area contributed by atoms with Crippen LogP contribution in [0.2, 0.25) is 0 Å². The summed E-state index contributed by atoms with van der Waals surface area (Å²) in [6.07, 6.45) is 2.42. The van der Waals surface area contributed by atoms with Gasteiger partial charge in [0.15, 0.2) is 6.39 Å².